The van der Waals surface area contributed by atoms with E-state index in [1.54, 1.807) is 13.0 Å². The Morgan fingerprint density at radius 2 is 2.22 bits per heavy atom. The molecule has 0 heterocycles. The fourth-order valence-corrected chi connectivity index (χ4v) is 0.325. The van der Waals surface area contributed by atoms with Gasteiger partial charge in [0.1, 0.15) is 0 Å². The average molecular weight is 118 g/mol. The van der Waals surface area contributed by atoms with E-state index in [4.69, 9.17) is 10.5 Å². The molecule has 0 spiro atoms. The number of hydrogen-bond donors (Lipinski definition) is 0. The van der Waals surface area contributed by atoms with E-state index in [0.717, 1.165) is 5.57 Å². The summed E-state index contributed by atoms with van der Waals surface area (Å²) in [6.45, 7) is 1.76. The number of nitrogens with zero attached hydrogens (tertiary/aromatic N) is 2. The molecule has 0 N–H and O–H groups in total. The molecule has 0 saturated heterocycles. The number of hydrogen-bond acceptors (Lipinski definition) is 2. The molecule has 0 amide bonds. The molecule has 0 saturated carbocycles. The molecule has 0 atom stereocenters. The SMILES string of the molecule is CC(=C=CC#N)CC#N. The van der Waals surface area contributed by atoms with Crippen molar-refractivity contribution in [3.05, 3.63) is 17.4 Å². The molecule has 0 aromatic heterocycles. The Kier molecular flexibility index (Phi) is 3.88. The summed E-state index contributed by atoms with van der Waals surface area (Å²) in [5.41, 5.74) is 3.43. The van der Waals surface area contributed by atoms with Crippen molar-refractivity contribution < 1.29 is 0 Å². The highest BCUT2D eigenvalue weighted by molar-refractivity contribution is 5.10. The number of nitriles is 2. The lowest BCUT2D eigenvalue weighted by Gasteiger charge is -1.78. The maximum absolute atomic E-state index is 8.13. The monoisotopic (exact) mass is 118 g/mol. The summed E-state index contributed by atoms with van der Waals surface area (Å²) in [6.07, 6.45) is 1.59. The predicted octanol–water partition coefficient (Wildman–Crippen LogP) is 1.53. The summed E-state index contributed by atoms with van der Waals surface area (Å²) in [5, 5.41) is 16.1. The average Bonchev–Trinajstić information content (AvgIpc) is 1.85. The second-order valence-electron chi connectivity index (χ2n) is 1.53. The number of allylic oxidation sites excluding steroid dienone is 1. The summed E-state index contributed by atoms with van der Waals surface area (Å²) >= 11 is 0. The zero-order valence-corrected chi connectivity index (χ0v) is 5.18. The van der Waals surface area contributed by atoms with E-state index in [1.165, 1.54) is 6.08 Å². The molecule has 0 bridgehead atoms. The number of rotatable bonds is 1. The Balaban J connectivity index is 4.07. The molecule has 0 fully saturated rings. The van der Waals surface area contributed by atoms with Crippen molar-refractivity contribution in [2.45, 2.75) is 13.3 Å². The van der Waals surface area contributed by atoms with Crippen molar-refractivity contribution in [2.75, 3.05) is 0 Å². The van der Waals surface area contributed by atoms with Gasteiger partial charge in [0.15, 0.2) is 0 Å². The van der Waals surface area contributed by atoms with Crippen molar-refractivity contribution in [2.24, 2.45) is 0 Å². The highest BCUT2D eigenvalue weighted by Crippen LogP contribution is 1.92. The third kappa shape index (κ3) is 4.35. The van der Waals surface area contributed by atoms with E-state index in [0.29, 0.717) is 6.42 Å². The summed E-state index contributed by atoms with van der Waals surface area (Å²) < 4.78 is 0. The molecule has 0 unspecified atom stereocenters. The molecule has 2 heteroatoms. The van der Waals surface area contributed by atoms with Gasteiger partial charge in [-0.2, -0.15) is 10.5 Å². The maximum Gasteiger partial charge on any atom is 0.0996 e. The van der Waals surface area contributed by atoms with E-state index in [2.05, 4.69) is 5.73 Å². The van der Waals surface area contributed by atoms with Crippen LogP contribution >= 0.6 is 0 Å². The Labute approximate surface area is 54.3 Å². The molecule has 0 aliphatic rings. The highest BCUT2D eigenvalue weighted by atomic mass is 14.2. The van der Waals surface area contributed by atoms with Crippen molar-refractivity contribution in [1.82, 2.24) is 0 Å². The normalized spacial score (nSPS) is 6.11. The standard InChI is InChI=1S/C7H6N2/c1-7(4-6-9)3-2-5-8/h2H,4H2,1H3. The molecule has 0 aliphatic heterocycles. The van der Waals surface area contributed by atoms with Gasteiger partial charge in [-0.15, -0.1) is 5.73 Å². The van der Waals surface area contributed by atoms with Crippen molar-refractivity contribution in [1.29, 1.82) is 10.5 Å². The molecule has 0 radical (unpaired) electrons. The molecule has 0 rings (SSSR count). The van der Waals surface area contributed by atoms with Gasteiger partial charge >= 0.3 is 0 Å². The van der Waals surface area contributed by atoms with E-state index in [-0.39, 0.29) is 0 Å². The summed E-state index contributed by atoms with van der Waals surface area (Å²) in [4.78, 5) is 0. The Hall–Kier alpha value is -1.50. The van der Waals surface area contributed by atoms with Crippen LogP contribution in [0.1, 0.15) is 13.3 Å². The Bertz CT molecular complexity index is 218. The van der Waals surface area contributed by atoms with E-state index in [1.807, 2.05) is 6.07 Å². The fraction of sp³-hybridized carbons (Fsp3) is 0.286. The van der Waals surface area contributed by atoms with Gasteiger partial charge in [0.2, 0.25) is 0 Å². The first-order valence-electron chi connectivity index (χ1n) is 2.48. The minimum absolute atomic E-state index is 0.345. The lowest BCUT2D eigenvalue weighted by Crippen LogP contribution is -1.66. The third-order valence-electron chi connectivity index (χ3n) is 0.727. The van der Waals surface area contributed by atoms with Gasteiger partial charge in [0.05, 0.1) is 24.6 Å². The first kappa shape index (κ1) is 7.50. The first-order chi connectivity index (χ1) is 4.31. The van der Waals surface area contributed by atoms with Gasteiger partial charge in [-0.3, -0.25) is 0 Å². The zero-order valence-electron chi connectivity index (χ0n) is 5.18. The summed E-state index contributed by atoms with van der Waals surface area (Å²) in [7, 11) is 0. The van der Waals surface area contributed by atoms with Gasteiger partial charge in [-0.05, 0) is 12.5 Å². The van der Waals surface area contributed by atoms with E-state index >= 15 is 0 Å². The van der Waals surface area contributed by atoms with Gasteiger partial charge in [-0.25, -0.2) is 0 Å². The zero-order chi connectivity index (χ0) is 7.11. The van der Waals surface area contributed by atoms with Crippen LogP contribution in [0, 0.1) is 22.7 Å². The van der Waals surface area contributed by atoms with Crippen molar-refractivity contribution in [3.63, 3.8) is 0 Å². The van der Waals surface area contributed by atoms with Crippen LogP contribution in [-0.4, -0.2) is 0 Å². The van der Waals surface area contributed by atoms with Gasteiger partial charge < -0.3 is 0 Å². The van der Waals surface area contributed by atoms with Crippen molar-refractivity contribution >= 4 is 0 Å². The van der Waals surface area contributed by atoms with E-state index in [9.17, 15) is 0 Å². The van der Waals surface area contributed by atoms with Crippen LogP contribution in [0.25, 0.3) is 0 Å². The van der Waals surface area contributed by atoms with E-state index < -0.39 is 0 Å². The molecule has 2 nitrogen and oxygen atoms in total. The fourth-order valence-electron chi connectivity index (χ4n) is 0.325. The topological polar surface area (TPSA) is 47.6 Å². The molecule has 9 heavy (non-hydrogen) atoms. The van der Waals surface area contributed by atoms with Crippen LogP contribution in [-0.2, 0) is 0 Å². The van der Waals surface area contributed by atoms with Crippen LogP contribution in [0.3, 0.4) is 0 Å². The second-order valence-corrected chi connectivity index (χ2v) is 1.53. The largest absolute Gasteiger partial charge is 0.198 e. The molecular formula is C7H6N2. The predicted molar refractivity (Wildman–Crippen MR) is 33.1 cm³/mol. The molecule has 44 valence electrons. The van der Waals surface area contributed by atoms with Crippen LogP contribution in [0.5, 0.6) is 0 Å². The Morgan fingerprint density at radius 3 is 2.67 bits per heavy atom. The van der Waals surface area contributed by atoms with Crippen LogP contribution in [0.4, 0.5) is 0 Å². The van der Waals surface area contributed by atoms with Gasteiger partial charge in [0.25, 0.3) is 0 Å². The summed E-state index contributed by atoms with van der Waals surface area (Å²) in [5.74, 6) is 0. The quantitative estimate of drug-likeness (QED) is 0.387. The van der Waals surface area contributed by atoms with Gasteiger partial charge in [0, 0.05) is 0 Å². The highest BCUT2D eigenvalue weighted by Gasteiger charge is 1.80. The van der Waals surface area contributed by atoms with Gasteiger partial charge in [-0.1, -0.05) is 0 Å². The lowest BCUT2D eigenvalue weighted by atomic mass is 10.2. The summed E-state index contributed by atoms with van der Waals surface area (Å²) in [6, 6.07) is 3.74. The van der Waals surface area contributed by atoms with Crippen LogP contribution < -0.4 is 0 Å². The molecular weight excluding hydrogens is 112 g/mol. The third-order valence-corrected chi connectivity index (χ3v) is 0.727. The first-order valence-corrected chi connectivity index (χ1v) is 2.48. The smallest absolute Gasteiger partial charge is 0.0996 e. The minimum atomic E-state index is 0.345. The van der Waals surface area contributed by atoms with Crippen LogP contribution in [0.2, 0.25) is 0 Å². The molecule has 0 aliphatic carbocycles. The second kappa shape index (κ2) is 4.65. The maximum atomic E-state index is 8.13. The molecule has 0 aromatic carbocycles. The minimum Gasteiger partial charge on any atom is -0.198 e. The Morgan fingerprint density at radius 1 is 1.56 bits per heavy atom. The molecule has 0 aromatic rings. The van der Waals surface area contributed by atoms with Crippen LogP contribution in [0.15, 0.2) is 17.4 Å². The lowest BCUT2D eigenvalue weighted by molar-refractivity contribution is 1.22. The van der Waals surface area contributed by atoms with Crippen molar-refractivity contribution in [3.8, 4) is 12.1 Å².